The Labute approximate surface area is 113 Å². The predicted molar refractivity (Wildman–Crippen MR) is 75.1 cm³/mol. The van der Waals surface area contributed by atoms with Gasteiger partial charge < -0.3 is 10.5 Å². The predicted octanol–water partition coefficient (Wildman–Crippen LogP) is 3.74. The third kappa shape index (κ3) is 3.32. The van der Waals surface area contributed by atoms with E-state index in [2.05, 4.69) is 0 Å². The number of aryl methyl sites for hydroxylation is 2. The third-order valence-electron chi connectivity index (χ3n) is 2.94. The minimum absolute atomic E-state index is 0.252. The number of benzene rings is 2. The molecule has 2 aromatic carbocycles. The van der Waals surface area contributed by atoms with Gasteiger partial charge in [-0.1, -0.05) is 23.8 Å². The van der Waals surface area contributed by atoms with Crippen LogP contribution in [0.25, 0.3) is 0 Å². The second-order valence-electron chi connectivity index (χ2n) is 4.69. The van der Waals surface area contributed by atoms with Crippen molar-refractivity contribution in [2.45, 2.75) is 20.3 Å². The van der Waals surface area contributed by atoms with Gasteiger partial charge in [-0.05, 0) is 56.1 Å². The van der Waals surface area contributed by atoms with E-state index in [1.54, 1.807) is 12.1 Å². The Bertz CT molecular complexity index is 581. The molecule has 0 bridgehead atoms. The van der Waals surface area contributed by atoms with Gasteiger partial charge in [-0.25, -0.2) is 4.39 Å². The molecule has 0 unspecified atom stereocenters. The third-order valence-corrected chi connectivity index (χ3v) is 2.94. The van der Waals surface area contributed by atoms with Crippen LogP contribution in [-0.2, 0) is 6.42 Å². The van der Waals surface area contributed by atoms with Gasteiger partial charge in [0.25, 0.3) is 0 Å². The maximum absolute atomic E-state index is 13.7. The van der Waals surface area contributed by atoms with Crippen LogP contribution in [0.4, 0.5) is 4.39 Å². The normalized spacial score (nSPS) is 10.5. The Morgan fingerprint density at radius 3 is 2.42 bits per heavy atom. The maximum Gasteiger partial charge on any atom is 0.165 e. The van der Waals surface area contributed by atoms with Gasteiger partial charge in [0.15, 0.2) is 11.6 Å². The lowest BCUT2D eigenvalue weighted by Gasteiger charge is -2.12. The summed E-state index contributed by atoms with van der Waals surface area (Å²) in [6.45, 7) is 4.45. The summed E-state index contributed by atoms with van der Waals surface area (Å²) in [4.78, 5) is 0. The molecule has 2 rings (SSSR count). The molecule has 2 nitrogen and oxygen atoms in total. The number of rotatable bonds is 4. The van der Waals surface area contributed by atoms with Crippen molar-refractivity contribution in [3.8, 4) is 11.5 Å². The van der Waals surface area contributed by atoms with Gasteiger partial charge in [0.2, 0.25) is 0 Å². The van der Waals surface area contributed by atoms with Crippen molar-refractivity contribution in [1.29, 1.82) is 0 Å². The van der Waals surface area contributed by atoms with Crippen molar-refractivity contribution in [3.63, 3.8) is 0 Å². The molecule has 0 aliphatic rings. The minimum Gasteiger partial charge on any atom is -0.454 e. The topological polar surface area (TPSA) is 35.2 Å². The van der Waals surface area contributed by atoms with E-state index in [0.29, 0.717) is 18.7 Å². The first-order valence-corrected chi connectivity index (χ1v) is 6.34. The van der Waals surface area contributed by atoms with Crippen LogP contribution in [0.2, 0.25) is 0 Å². The average molecular weight is 259 g/mol. The molecule has 0 fully saturated rings. The summed E-state index contributed by atoms with van der Waals surface area (Å²) in [6.07, 6.45) is 0.713. The molecule has 0 saturated carbocycles. The molecule has 19 heavy (non-hydrogen) atoms. The molecule has 0 aliphatic heterocycles. The lowest BCUT2D eigenvalue weighted by atomic mass is 10.1. The monoisotopic (exact) mass is 259 g/mol. The molecule has 100 valence electrons. The lowest BCUT2D eigenvalue weighted by molar-refractivity contribution is 0.437. The average Bonchev–Trinajstić information content (AvgIpc) is 2.37. The molecule has 0 spiro atoms. The highest BCUT2D eigenvalue weighted by molar-refractivity contribution is 5.41. The molecule has 0 aliphatic carbocycles. The molecule has 2 N–H and O–H groups in total. The SMILES string of the molecule is Cc1ccc(Oc2cc(C)ccc2F)c(CCN)c1. The van der Waals surface area contributed by atoms with Crippen LogP contribution in [0.3, 0.4) is 0 Å². The van der Waals surface area contributed by atoms with Gasteiger partial charge >= 0.3 is 0 Å². The first kappa shape index (κ1) is 13.6. The highest BCUT2D eigenvalue weighted by atomic mass is 19.1. The summed E-state index contributed by atoms with van der Waals surface area (Å²) in [5, 5.41) is 0. The minimum atomic E-state index is -0.357. The van der Waals surface area contributed by atoms with Gasteiger partial charge in [0, 0.05) is 0 Å². The van der Waals surface area contributed by atoms with Crippen LogP contribution in [-0.4, -0.2) is 6.54 Å². The van der Waals surface area contributed by atoms with Gasteiger partial charge in [-0.3, -0.25) is 0 Å². The second kappa shape index (κ2) is 5.85. The Hall–Kier alpha value is -1.87. The van der Waals surface area contributed by atoms with E-state index >= 15 is 0 Å². The number of ether oxygens (including phenoxy) is 1. The molecule has 0 radical (unpaired) electrons. The number of hydrogen-bond acceptors (Lipinski definition) is 2. The number of hydrogen-bond donors (Lipinski definition) is 1. The zero-order chi connectivity index (χ0) is 13.8. The Morgan fingerprint density at radius 1 is 1.00 bits per heavy atom. The van der Waals surface area contributed by atoms with Crippen LogP contribution >= 0.6 is 0 Å². The quantitative estimate of drug-likeness (QED) is 0.907. The molecule has 0 aromatic heterocycles. The van der Waals surface area contributed by atoms with Crippen LogP contribution in [0, 0.1) is 19.7 Å². The van der Waals surface area contributed by atoms with E-state index in [1.165, 1.54) is 6.07 Å². The summed E-state index contributed by atoms with van der Waals surface area (Å²) >= 11 is 0. The highest BCUT2D eigenvalue weighted by Gasteiger charge is 2.09. The zero-order valence-electron chi connectivity index (χ0n) is 11.2. The van der Waals surface area contributed by atoms with Crippen molar-refractivity contribution < 1.29 is 9.13 Å². The van der Waals surface area contributed by atoms with Crippen molar-refractivity contribution >= 4 is 0 Å². The first-order valence-electron chi connectivity index (χ1n) is 6.34. The van der Waals surface area contributed by atoms with E-state index in [-0.39, 0.29) is 11.6 Å². The molecule has 0 heterocycles. The van der Waals surface area contributed by atoms with Gasteiger partial charge in [-0.15, -0.1) is 0 Å². The summed E-state index contributed by atoms with van der Waals surface area (Å²) < 4.78 is 19.4. The maximum atomic E-state index is 13.7. The summed E-state index contributed by atoms with van der Waals surface area (Å²) in [6, 6.07) is 10.7. The summed E-state index contributed by atoms with van der Waals surface area (Å²) in [7, 11) is 0. The van der Waals surface area contributed by atoms with Gasteiger partial charge in [0.05, 0.1) is 0 Å². The van der Waals surface area contributed by atoms with Crippen LogP contribution < -0.4 is 10.5 Å². The fourth-order valence-electron chi connectivity index (χ4n) is 1.97. The second-order valence-corrected chi connectivity index (χ2v) is 4.69. The summed E-state index contributed by atoms with van der Waals surface area (Å²) in [5.41, 5.74) is 8.70. The lowest BCUT2D eigenvalue weighted by Crippen LogP contribution is -2.04. The van der Waals surface area contributed by atoms with E-state index in [9.17, 15) is 4.39 Å². The van der Waals surface area contributed by atoms with Gasteiger partial charge in [0.1, 0.15) is 5.75 Å². The van der Waals surface area contributed by atoms with Crippen molar-refractivity contribution in [3.05, 3.63) is 58.9 Å². The standard InChI is InChI=1S/C16H18FNO/c1-11-4-6-15(13(9-11)7-8-18)19-16-10-12(2)3-5-14(16)17/h3-6,9-10H,7-8,18H2,1-2H3. The smallest absolute Gasteiger partial charge is 0.165 e. The van der Waals surface area contributed by atoms with E-state index in [1.807, 2.05) is 32.0 Å². The summed E-state index contributed by atoms with van der Waals surface area (Å²) in [5.74, 6) is 0.563. The highest BCUT2D eigenvalue weighted by Crippen LogP contribution is 2.29. The molecular formula is C16H18FNO. The van der Waals surface area contributed by atoms with Crippen molar-refractivity contribution in [2.24, 2.45) is 5.73 Å². The molecular weight excluding hydrogens is 241 g/mol. The zero-order valence-corrected chi connectivity index (χ0v) is 11.2. The molecule has 2 aromatic rings. The van der Waals surface area contributed by atoms with Crippen LogP contribution in [0.15, 0.2) is 36.4 Å². The Balaban J connectivity index is 2.34. The largest absolute Gasteiger partial charge is 0.454 e. The van der Waals surface area contributed by atoms with Gasteiger partial charge in [-0.2, -0.15) is 0 Å². The molecule has 0 atom stereocenters. The number of halogens is 1. The van der Waals surface area contributed by atoms with Crippen molar-refractivity contribution in [2.75, 3.05) is 6.54 Å². The fourth-order valence-corrected chi connectivity index (χ4v) is 1.97. The van der Waals surface area contributed by atoms with E-state index in [0.717, 1.165) is 16.7 Å². The molecule has 0 saturated heterocycles. The van der Waals surface area contributed by atoms with Crippen LogP contribution in [0.5, 0.6) is 11.5 Å². The Morgan fingerprint density at radius 2 is 1.68 bits per heavy atom. The molecule has 0 amide bonds. The number of nitrogens with two attached hydrogens (primary N) is 1. The first-order chi connectivity index (χ1) is 9.10. The van der Waals surface area contributed by atoms with Crippen molar-refractivity contribution in [1.82, 2.24) is 0 Å². The van der Waals surface area contributed by atoms with Crippen LogP contribution in [0.1, 0.15) is 16.7 Å². The van der Waals surface area contributed by atoms with E-state index in [4.69, 9.17) is 10.5 Å². The van der Waals surface area contributed by atoms with E-state index < -0.39 is 0 Å². The fraction of sp³-hybridized carbons (Fsp3) is 0.250. The molecule has 3 heteroatoms. The Kier molecular flexibility index (Phi) is 4.17.